The van der Waals surface area contributed by atoms with Crippen LogP contribution in [0.1, 0.15) is 11.0 Å². The standard InChI is InChI=1S/C5H6BrN3/c1-3-2-4(6)8-9-5(3)7/h2H,1H3,(H2,7,9)/i1D3,2D. The normalized spacial score (nSPS) is 17.4. The molecule has 0 saturated heterocycles. The van der Waals surface area contributed by atoms with E-state index in [1.165, 1.54) is 0 Å². The molecule has 0 aliphatic carbocycles. The van der Waals surface area contributed by atoms with Crippen molar-refractivity contribution in [3.63, 3.8) is 0 Å². The average molecular weight is 192 g/mol. The molecule has 0 fully saturated rings. The summed E-state index contributed by atoms with van der Waals surface area (Å²) in [6.45, 7) is -2.46. The van der Waals surface area contributed by atoms with Gasteiger partial charge in [-0.3, -0.25) is 10.5 Å². The second-order valence-corrected chi connectivity index (χ2v) is 2.14. The molecule has 1 rings (SSSR count). The lowest BCUT2D eigenvalue weighted by Gasteiger charge is -1.90. The largest absolute Gasteiger partial charge is 0.283 e. The third kappa shape index (κ3) is 1.38. The summed E-state index contributed by atoms with van der Waals surface area (Å²) in [7, 11) is 0. The molecule has 1 heterocycles. The highest BCUT2D eigenvalue weighted by Crippen LogP contribution is 2.00. The molecule has 0 radical (unpaired) electrons. The Morgan fingerprint density at radius 1 is 2.11 bits per heavy atom. The first-order chi connectivity index (χ1) is 5.84. The first kappa shape index (κ1) is 2.96. The van der Waals surface area contributed by atoms with E-state index >= 15 is 0 Å². The van der Waals surface area contributed by atoms with Gasteiger partial charge in [-0.05, 0) is 34.4 Å². The summed E-state index contributed by atoms with van der Waals surface area (Å²) >= 11 is 2.91. The number of hydrogen-bond donors (Lipinski definition) is 2. The Labute approximate surface area is 66.4 Å². The van der Waals surface area contributed by atoms with E-state index in [9.17, 15) is 0 Å². The third-order valence-corrected chi connectivity index (χ3v) is 1.12. The molecule has 0 saturated carbocycles. The van der Waals surface area contributed by atoms with Gasteiger partial charge in [0.2, 0.25) is 0 Å². The molecule has 3 nitrogen and oxygen atoms in total. The number of nitrogens with zero attached hydrogens (tertiary/aromatic N) is 1. The molecule has 1 aromatic rings. The summed E-state index contributed by atoms with van der Waals surface area (Å²) in [5, 5.41) is 13.0. The van der Waals surface area contributed by atoms with Gasteiger partial charge in [-0.15, -0.1) is 0 Å². The maximum absolute atomic E-state index is 7.38. The highest BCUT2D eigenvalue weighted by Gasteiger charge is 1.89. The monoisotopic (exact) mass is 191 g/mol. The van der Waals surface area contributed by atoms with Gasteiger partial charge in [0.25, 0.3) is 0 Å². The van der Waals surface area contributed by atoms with Crippen LogP contribution in [-0.2, 0) is 0 Å². The maximum atomic E-state index is 7.38. The van der Waals surface area contributed by atoms with E-state index in [2.05, 4.69) is 26.1 Å². The van der Waals surface area contributed by atoms with Crippen molar-refractivity contribution in [2.24, 2.45) is 0 Å². The molecule has 48 valence electrons. The zero-order valence-corrected chi connectivity index (χ0v) is 5.91. The van der Waals surface area contributed by atoms with E-state index in [1.807, 2.05) is 0 Å². The van der Waals surface area contributed by atoms with Crippen LogP contribution >= 0.6 is 15.9 Å². The second kappa shape index (κ2) is 2.31. The molecule has 2 N–H and O–H groups in total. The number of rotatable bonds is 0. The van der Waals surface area contributed by atoms with Gasteiger partial charge in [0.05, 0.1) is 1.37 Å². The summed E-state index contributed by atoms with van der Waals surface area (Å²) in [6.07, 6.45) is 0. The van der Waals surface area contributed by atoms with Crippen molar-refractivity contribution >= 4 is 15.9 Å². The van der Waals surface area contributed by atoms with Crippen LogP contribution in [0.2, 0.25) is 0 Å². The molecule has 0 aromatic carbocycles. The number of halogens is 1. The van der Waals surface area contributed by atoms with Crippen LogP contribution in [0.25, 0.3) is 0 Å². The molecule has 9 heavy (non-hydrogen) atoms. The van der Waals surface area contributed by atoms with Crippen molar-refractivity contribution in [2.45, 2.75) is 6.85 Å². The van der Waals surface area contributed by atoms with Gasteiger partial charge in [0.1, 0.15) is 10.1 Å². The van der Waals surface area contributed by atoms with Crippen LogP contribution in [0.3, 0.4) is 0 Å². The Hall–Kier alpha value is -0.640. The molecule has 0 amide bonds. The first-order valence-corrected chi connectivity index (χ1v) is 2.93. The van der Waals surface area contributed by atoms with E-state index in [0.717, 1.165) is 0 Å². The number of aromatic amines is 1. The lowest BCUT2D eigenvalue weighted by atomic mass is 10.3. The summed E-state index contributed by atoms with van der Waals surface area (Å²) in [5.74, 6) is 0. The van der Waals surface area contributed by atoms with Crippen molar-refractivity contribution in [1.82, 2.24) is 10.2 Å². The van der Waals surface area contributed by atoms with Crippen molar-refractivity contribution in [3.8, 4) is 0 Å². The van der Waals surface area contributed by atoms with Gasteiger partial charge < -0.3 is 0 Å². The summed E-state index contributed by atoms with van der Waals surface area (Å²) in [5.41, 5.74) is -0.678. The van der Waals surface area contributed by atoms with Gasteiger partial charge in [-0.25, -0.2) is 0 Å². The fourth-order valence-electron chi connectivity index (χ4n) is 0.354. The van der Waals surface area contributed by atoms with Crippen LogP contribution in [0, 0.1) is 12.3 Å². The van der Waals surface area contributed by atoms with Crippen molar-refractivity contribution in [1.29, 1.82) is 5.41 Å². The van der Waals surface area contributed by atoms with Crippen LogP contribution < -0.4 is 5.49 Å². The van der Waals surface area contributed by atoms with Gasteiger partial charge in [0, 0.05) is 4.11 Å². The van der Waals surface area contributed by atoms with E-state index in [-0.39, 0.29) is 21.7 Å². The molecule has 0 bridgehead atoms. The highest BCUT2D eigenvalue weighted by molar-refractivity contribution is 9.10. The molecule has 4 heteroatoms. The van der Waals surface area contributed by atoms with Crippen molar-refractivity contribution < 1.29 is 5.48 Å². The van der Waals surface area contributed by atoms with Crippen molar-refractivity contribution in [3.05, 3.63) is 21.7 Å². The zero-order valence-electron chi connectivity index (χ0n) is 8.33. The lowest BCUT2D eigenvalue weighted by Crippen LogP contribution is -2.10. The Kier molecular flexibility index (Phi) is 0.760. The maximum Gasteiger partial charge on any atom is 0.141 e. The second-order valence-electron chi connectivity index (χ2n) is 1.39. The van der Waals surface area contributed by atoms with Gasteiger partial charge in [-0.1, -0.05) is 0 Å². The quantitative estimate of drug-likeness (QED) is 0.631. The van der Waals surface area contributed by atoms with Crippen LogP contribution in [0.5, 0.6) is 0 Å². The fourth-order valence-corrected chi connectivity index (χ4v) is 0.641. The summed E-state index contributed by atoms with van der Waals surface area (Å²) < 4.78 is 28.7. The predicted molar refractivity (Wildman–Crippen MR) is 36.9 cm³/mol. The number of aromatic nitrogens is 2. The Morgan fingerprint density at radius 3 is 3.44 bits per heavy atom. The lowest BCUT2D eigenvalue weighted by molar-refractivity contribution is 0.898. The highest BCUT2D eigenvalue weighted by atomic mass is 79.9. The smallest absolute Gasteiger partial charge is 0.141 e. The molecule has 1 aromatic heterocycles. The van der Waals surface area contributed by atoms with Gasteiger partial charge in [0.15, 0.2) is 0 Å². The van der Waals surface area contributed by atoms with E-state index in [0.29, 0.717) is 0 Å². The van der Waals surface area contributed by atoms with Crippen LogP contribution in [0.15, 0.2) is 10.6 Å². The SMILES string of the molecule is [2H]c1c(Br)n[nH]c(=N)c1C([2H])([2H])[2H]. The van der Waals surface area contributed by atoms with E-state index < -0.39 is 6.85 Å². The van der Waals surface area contributed by atoms with Crippen LogP contribution in [-0.4, -0.2) is 10.2 Å². The minimum atomic E-state index is -2.46. The van der Waals surface area contributed by atoms with Gasteiger partial charge >= 0.3 is 0 Å². The van der Waals surface area contributed by atoms with Crippen LogP contribution in [0.4, 0.5) is 0 Å². The van der Waals surface area contributed by atoms with E-state index in [4.69, 9.17) is 10.9 Å². The minimum absolute atomic E-state index is 0.0922. The van der Waals surface area contributed by atoms with E-state index in [1.54, 1.807) is 0 Å². The molecular formula is C5H6BrN3. The number of H-pyrrole nitrogens is 1. The first-order valence-electron chi connectivity index (χ1n) is 4.14. The molecular weight excluding hydrogens is 182 g/mol. The molecule has 0 unspecified atom stereocenters. The third-order valence-electron chi connectivity index (χ3n) is 0.744. The fraction of sp³-hybridized carbons (Fsp3) is 0.200. The topological polar surface area (TPSA) is 52.5 Å². The number of hydrogen-bond acceptors (Lipinski definition) is 2. The number of nitrogens with one attached hydrogen (secondary N) is 2. The summed E-state index contributed by atoms with van der Waals surface area (Å²) in [6, 6.07) is -0.274. The Balaban J connectivity index is 3.53. The van der Waals surface area contributed by atoms with Gasteiger partial charge in [-0.2, -0.15) is 5.10 Å². The molecule has 0 spiro atoms. The summed E-state index contributed by atoms with van der Waals surface area (Å²) in [4.78, 5) is 0. The average Bonchev–Trinajstić information content (AvgIpc) is 1.95. The Bertz CT molecular complexity index is 382. The zero-order chi connectivity index (χ0) is 10.2. The predicted octanol–water partition coefficient (Wildman–Crippen LogP) is 0.960. The minimum Gasteiger partial charge on any atom is -0.283 e. The molecule has 0 aliphatic rings. The molecule has 0 atom stereocenters. The Morgan fingerprint density at radius 2 is 2.89 bits per heavy atom. The van der Waals surface area contributed by atoms with Crippen molar-refractivity contribution in [2.75, 3.05) is 0 Å². The molecule has 0 aliphatic heterocycles.